The fourth-order valence-electron chi connectivity index (χ4n) is 3.21. The summed E-state index contributed by atoms with van der Waals surface area (Å²) in [6.07, 6.45) is 0.0125. The molecule has 3 atom stereocenters. The van der Waals surface area contributed by atoms with E-state index in [1.54, 1.807) is 6.07 Å². The Morgan fingerprint density at radius 2 is 2.15 bits per heavy atom. The zero-order chi connectivity index (χ0) is 14.5. The number of primary amides is 1. The number of rotatable bonds is 2. The largest absolute Gasteiger partial charge is 0.366 e. The number of fused-ring (bicyclic) bond motifs is 1. The molecule has 5 nitrogen and oxygen atoms in total. The highest BCUT2D eigenvalue weighted by molar-refractivity contribution is 5.94. The van der Waals surface area contributed by atoms with Crippen molar-refractivity contribution in [2.24, 2.45) is 5.73 Å². The Morgan fingerprint density at radius 1 is 1.40 bits per heavy atom. The normalized spacial score (nSPS) is 31.2. The maximum absolute atomic E-state index is 11.5. The van der Waals surface area contributed by atoms with Crippen LogP contribution in [0, 0.1) is 6.92 Å². The minimum absolute atomic E-state index is 0.0288. The Morgan fingerprint density at radius 3 is 2.85 bits per heavy atom. The molecule has 0 spiro atoms. The molecule has 3 rings (SSSR count). The van der Waals surface area contributed by atoms with Gasteiger partial charge in [0.1, 0.15) is 12.2 Å². The van der Waals surface area contributed by atoms with Gasteiger partial charge in [0.25, 0.3) is 0 Å². The molecule has 2 heterocycles. The van der Waals surface area contributed by atoms with Gasteiger partial charge in [0.2, 0.25) is 5.91 Å². The summed E-state index contributed by atoms with van der Waals surface area (Å²) in [4.78, 5) is 11.5. The molecule has 2 aliphatic rings. The van der Waals surface area contributed by atoms with Crippen molar-refractivity contribution in [3.8, 4) is 0 Å². The summed E-state index contributed by atoms with van der Waals surface area (Å²) in [5.74, 6) is -0.951. The maximum Gasteiger partial charge on any atom is 0.248 e. The van der Waals surface area contributed by atoms with E-state index in [2.05, 4.69) is 5.32 Å². The summed E-state index contributed by atoms with van der Waals surface area (Å²) in [7, 11) is 0. The second-order valence-electron chi connectivity index (χ2n) is 5.91. The second kappa shape index (κ2) is 4.55. The van der Waals surface area contributed by atoms with E-state index < -0.39 is 11.7 Å². The Kier molecular flexibility index (Phi) is 3.08. The van der Waals surface area contributed by atoms with Crippen molar-refractivity contribution in [1.82, 2.24) is 5.32 Å². The quantitative estimate of drug-likeness (QED) is 0.853. The highest BCUT2D eigenvalue weighted by Crippen LogP contribution is 2.39. The molecule has 1 aromatic rings. The summed E-state index contributed by atoms with van der Waals surface area (Å²) >= 11 is 0. The highest BCUT2D eigenvalue weighted by Gasteiger charge is 2.49. The third-order valence-corrected chi connectivity index (χ3v) is 4.07. The average molecular weight is 276 g/mol. The molecule has 2 fully saturated rings. The van der Waals surface area contributed by atoms with Gasteiger partial charge in [-0.1, -0.05) is 12.1 Å². The van der Waals surface area contributed by atoms with Gasteiger partial charge in [0.15, 0.2) is 5.79 Å². The molecule has 3 unspecified atom stereocenters. The first-order valence-corrected chi connectivity index (χ1v) is 6.87. The van der Waals surface area contributed by atoms with Crippen LogP contribution in [0.15, 0.2) is 18.2 Å². The minimum Gasteiger partial charge on any atom is -0.366 e. The van der Waals surface area contributed by atoms with Crippen molar-refractivity contribution >= 4 is 5.91 Å². The minimum atomic E-state index is -0.551. The van der Waals surface area contributed by atoms with Gasteiger partial charge in [-0.3, -0.25) is 4.79 Å². The van der Waals surface area contributed by atoms with Crippen molar-refractivity contribution in [1.29, 1.82) is 0 Å². The van der Waals surface area contributed by atoms with Crippen molar-refractivity contribution in [3.05, 3.63) is 34.9 Å². The molecule has 108 valence electrons. The molecule has 0 aliphatic carbocycles. The smallest absolute Gasteiger partial charge is 0.248 e. The highest BCUT2D eigenvalue weighted by atomic mass is 16.8. The van der Waals surface area contributed by atoms with Gasteiger partial charge in [0.05, 0.1) is 6.04 Å². The number of nitrogens with one attached hydrogen (secondary N) is 1. The fourth-order valence-corrected chi connectivity index (χ4v) is 3.21. The third kappa shape index (κ3) is 2.12. The Labute approximate surface area is 118 Å². The van der Waals surface area contributed by atoms with Crippen molar-refractivity contribution < 1.29 is 14.3 Å². The molecule has 0 saturated carbocycles. The number of carbonyl (C=O) groups is 1. The molecule has 0 aromatic heterocycles. The molecule has 1 aromatic carbocycles. The van der Waals surface area contributed by atoms with Crippen LogP contribution in [0.1, 0.15) is 41.4 Å². The van der Waals surface area contributed by atoms with Gasteiger partial charge in [-0.2, -0.15) is 0 Å². The van der Waals surface area contributed by atoms with E-state index in [9.17, 15) is 4.79 Å². The van der Waals surface area contributed by atoms with E-state index in [-0.39, 0.29) is 18.2 Å². The monoisotopic (exact) mass is 276 g/mol. The van der Waals surface area contributed by atoms with Crippen LogP contribution in [0.3, 0.4) is 0 Å². The summed E-state index contributed by atoms with van der Waals surface area (Å²) < 4.78 is 11.9. The summed E-state index contributed by atoms with van der Waals surface area (Å²) in [6.45, 7) is 6.52. The summed E-state index contributed by atoms with van der Waals surface area (Å²) in [5, 5.41) is 3.42. The van der Waals surface area contributed by atoms with E-state index in [0.717, 1.165) is 17.7 Å². The third-order valence-electron chi connectivity index (χ3n) is 4.07. The van der Waals surface area contributed by atoms with Gasteiger partial charge >= 0.3 is 0 Å². The Bertz CT molecular complexity index is 556. The molecule has 0 radical (unpaired) electrons. The van der Waals surface area contributed by atoms with Crippen molar-refractivity contribution in [2.45, 2.75) is 44.8 Å². The van der Waals surface area contributed by atoms with Gasteiger partial charge < -0.3 is 20.5 Å². The predicted molar refractivity (Wildman–Crippen MR) is 74.3 cm³/mol. The lowest BCUT2D eigenvalue weighted by atomic mass is 9.94. The zero-order valence-corrected chi connectivity index (χ0v) is 12.0. The first-order chi connectivity index (χ1) is 9.39. The molecule has 5 heteroatoms. The Hall–Kier alpha value is -1.43. The first-order valence-electron chi connectivity index (χ1n) is 6.87. The lowest BCUT2D eigenvalue weighted by Crippen LogP contribution is -2.30. The number of hydrogen-bond acceptors (Lipinski definition) is 4. The maximum atomic E-state index is 11.5. The lowest BCUT2D eigenvalue weighted by molar-refractivity contribution is -0.153. The van der Waals surface area contributed by atoms with E-state index in [1.807, 2.05) is 32.9 Å². The number of nitrogens with two attached hydrogens (primary N) is 1. The Balaban J connectivity index is 1.95. The second-order valence-corrected chi connectivity index (χ2v) is 5.91. The SMILES string of the molecule is Cc1c(C(N)=O)cccc1C1NCC2OC(C)(C)OC21. The van der Waals surface area contributed by atoms with Gasteiger partial charge in [-0.25, -0.2) is 0 Å². The van der Waals surface area contributed by atoms with Gasteiger partial charge in [-0.15, -0.1) is 0 Å². The van der Waals surface area contributed by atoms with E-state index >= 15 is 0 Å². The standard InChI is InChI=1S/C15H20N2O3/c1-8-9(5-4-6-10(8)14(16)18)12-13-11(7-17-12)19-15(2,3)20-13/h4-6,11-13,17H,7H2,1-3H3,(H2,16,18). The summed E-state index contributed by atoms with van der Waals surface area (Å²) in [5.41, 5.74) is 7.94. The van der Waals surface area contributed by atoms with Crippen LogP contribution < -0.4 is 11.1 Å². The number of hydrogen-bond donors (Lipinski definition) is 2. The van der Waals surface area contributed by atoms with Crippen LogP contribution in [0.25, 0.3) is 0 Å². The molecule has 3 N–H and O–H groups in total. The number of amides is 1. The molecule has 2 saturated heterocycles. The van der Waals surface area contributed by atoms with Gasteiger partial charge in [0, 0.05) is 12.1 Å². The average Bonchev–Trinajstić information content (AvgIpc) is 2.84. The van der Waals surface area contributed by atoms with Gasteiger partial charge in [-0.05, 0) is 38.0 Å². The predicted octanol–water partition coefficient (Wildman–Crippen LogP) is 1.26. The first kappa shape index (κ1) is 13.5. The van der Waals surface area contributed by atoms with E-state index in [4.69, 9.17) is 15.2 Å². The topological polar surface area (TPSA) is 73.6 Å². The molecule has 1 amide bonds. The van der Waals surface area contributed by atoms with Crippen LogP contribution in [0.2, 0.25) is 0 Å². The fraction of sp³-hybridized carbons (Fsp3) is 0.533. The number of benzene rings is 1. The number of carbonyl (C=O) groups excluding carboxylic acids is 1. The van der Waals surface area contributed by atoms with Crippen molar-refractivity contribution in [3.63, 3.8) is 0 Å². The van der Waals surface area contributed by atoms with Crippen molar-refractivity contribution in [2.75, 3.05) is 6.54 Å². The lowest BCUT2D eigenvalue weighted by Gasteiger charge is -2.24. The van der Waals surface area contributed by atoms with Crippen LogP contribution in [-0.2, 0) is 9.47 Å². The van der Waals surface area contributed by atoms with Crippen LogP contribution in [0.4, 0.5) is 0 Å². The zero-order valence-electron chi connectivity index (χ0n) is 12.0. The van der Waals surface area contributed by atoms with E-state index in [1.165, 1.54) is 0 Å². The van der Waals surface area contributed by atoms with Crippen LogP contribution in [0.5, 0.6) is 0 Å². The summed E-state index contributed by atoms with van der Waals surface area (Å²) in [6, 6.07) is 5.65. The molecular formula is C15H20N2O3. The molecule has 0 bridgehead atoms. The van der Waals surface area contributed by atoms with Crippen LogP contribution in [-0.4, -0.2) is 30.4 Å². The number of ether oxygens (including phenoxy) is 2. The molecule has 20 heavy (non-hydrogen) atoms. The van der Waals surface area contributed by atoms with E-state index in [0.29, 0.717) is 5.56 Å². The van der Waals surface area contributed by atoms with Crippen LogP contribution >= 0.6 is 0 Å². The molecule has 2 aliphatic heterocycles. The molecular weight excluding hydrogens is 256 g/mol.